The summed E-state index contributed by atoms with van der Waals surface area (Å²) in [6, 6.07) is 4.17. The highest BCUT2D eigenvalue weighted by molar-refractivity contribution is 5.44. The molecule has 0 amide bonds. The zero-order valence-electron chi connectivity index (χ0n) is 12.2. The highest BCUT2D eigenvalue weighted by Gasteiger charge is 2.19. The van der Waals surface area contributed by atoms with Gasteiger partial charge in [0.15, 0.2) is 5.65 Å². The van der Waals surface area contributed by atoms with Gasteiger partial charge in [-0.25, -0.2) is 9.50 Å². The molecule has 0 radical (unpaired) electrons. The lowest BCUT2D eigenvalue weighted by molar-refractivity contribution is 0.693. The maximum Gasteiger partial charge on any atom is 0.154 e. The molecule has 0 aromatic carbocycles. The molecule has 3 nitrogen and oxygen atoms in total. The first-order valence-electron chi connectivity index (χ1n) is 6.81. The molecule has 2 heterocycles. The summed E-state index contributed by atoms with van der Waals surface area (Å²) in [6.07, 6.45) is 0. The molecule has 0 fully saturated rings. The van der Waals surface area contributed by atoms with Crippen LogP contribution >= 0.6 is 0 Å². The van der Waals surface area contributed by atoms with Gasteiger partial charge >= 0.3 is 0 Å². The lowest BCUT2D eigenvalue weighted by Gasteiger charge is -2.11. The van der Waals surface area contributed by atoms with Crippen molar-refractivity contribution >= 4 is 5.65 Å². The number of rotatable bonds is 3. The molecule has 18 heavy (non-hydrogen) atoms. The summed E-state index contributed by atoms with van der Waals surface area (Å²) >= 11 is 0. The zero-order valence-corrected chi connectivity index (χ0v) is 12.2. The first kappa shape index (κ1) is 13.1. The number of fused-ring (bicyclic) bond motifs is 1. The van der Waals surface area contributed by atoms with E-state index in [2.05, 4.69) is 53.7 Å². The van der Waals surface area contributed by atoms with Crippen molar-refractivity contribution in [3.05, 3.63) is 29.2 Å². The van der Waals surface area contributed by atoms with Gasteiger partial charge in [0, 0.05) is 0 Å². The first-order chi connectivity index (χ1) is 8.41. The van der Waals surface area contributed by atoms with E-state index < -0.39 is 0 Å². The first-order valence-corrected chi connectivity index (χ1v) is 6.81. The van der Waals surface area contributed by atoms with Gasteiger partial charge in [-0.3, -0.25) is 0 Å². The minimum absolute atomic E-state index is 0.437. The number of aromatic nitrogens is 3. The number of hydrogen-bond acceptors (Lipinski definition) is 2. The van der Waals surface area contributed by atoms with E-state index >= 15 is 0 Å². The average molecular weight is 245 g/mol. The van der Waals surface area contributed by atoms with Crippen molar-refractivity contribution in [3.63, 3.8) is 0 Å². The minimum Gasteiger partial charge on any atom is -0.231 e. The molecular weight excluding hydrogens is 222 g/mol. The van der Waals surface area contributed by atoms with Gasteiger partial charge in [-0.2, -0.15) is 5.10 Å². The van der Waals surface area contributed by atoms with Crippen LogP contribution < -0.4 is 0 Å². The van der Waals surface area contributed by atoms with Gasteiger partial charge in [0.1, 0.15) is 0 Å². The summed E-state index contributed by atoms with van der Waals surface area (Å²) in [5.74, 6) is 1.32. The molecule has 2 rings (SSSR count). The van der Waals surface area contributed by atoms with Crippen molar-refractivity contribution in [3.8, 4) is 0 Å². The largest absolute Gasteiger partial charge is 0.231 e. The van der Waals surface area contributed by atoms with Crippen molar-refractivity contribution in [2.75, 3.05) is 0 Å². The van der Waals surface area contributed by atoms with Gasteiger partial charge in [0.05, 0.1) is 17.1 Å². The number of hydrogen-bond donors (Lipinski definition) is 0. The van der Waals surface area contributed by atoms with E-state index in [0.717, 1.165) is 11.3 Å². The predicted molar refractivity (Wildman–Crippen MR) is 75.3 cm³/mol. The Morgan fingerprint density at radius 1 is 0.889 bits per heavy atom. The highest BCUT2D eigenvalue weighted by atomic mass is 15.3. The zero-order chi connectivity index (χ0) is 13.4. The smallest absolute Gasteiger partial charge is 0.154 e. The second-order valence-corrected chi connectivity index (χ2v) is 5.87. The maximum atomic E-state index is 4.75. The van der Waals surface area contributed by atoms with Crippen LogP contribution in [0.3, 0.4) is 0 Å². The van der Waals surface area contributed by atoms with Gasteiger partial charge in [0.2, 0.25) is 0 Å². The Hall–Kier alpha value is -1.38. The molecule has 0 aliphatic carbocycles. The average Bonchev–Trinajstić information content (AvgIpc) is 2.66. The van der Waals surface area contributed by atoms with E-state index in [0.29, 0.717) is 17.8 Å². The van der Waals surface area contributed by atoms with Crippen molar-refractivity contribution in [1.29, 1.82) is 0 Å². The van der Waals surface area contributed by atoms with Crippen molar-refractivity contribution < 1.29 is 0 Å². The molecule has 2 aromatic rings. The van der Waals surface area contributed by atoms with E-state index in [1.807, 2.05) is 4.52 Å². The SMILES string of the molecule is CC(C)c1ccc2nc(C(C)C)c(C(C)C)n2n1. The Labute approximate surface area is 109 Å². The molecule has 0 saturated heterocycles. The van der Waals surface area contributed by atoms with E-state index in [4.69, 9.17) is 10.1 Å². The Morgan fingerprint density at radius 2 is 1.56 bits per heavy atom. The lowest BCUT2D eigenvalue weighted by atomic mass is 10.0. The monoisotopic (exact) mass is 245 g/mol. The fourth-order valence-corrected chi connectivity index (χ4v) is 2.25. The van der Waals surface area contributed by atoms with Gasteiger partial charge in [-0.1, -0.05) is 41.5 Å². The topological polar surface area (TPSA) is 30.2 Å². The summed E-state index contributed by atoms with van der Waals surface area (Å²) in [6.45, 7) is 13.1. The minimum atomic E-state index is 0.437. The summed E-state index contributed by atoms with van der Waals surface area (Å²) in [5.41, 5.74) is 4.52. The highest BCUT2D eigenvalue weighted by Crippen LogP contribution is 2.27. The van der Waals surface area contributed by atoms with Crippen molar-refractivity contribution in [1.82, 2.24) is 14.6 Å². The van der Waals surface area contributed by atoms with Gasteiger partial charge in [0.25, 0.3) is 0 Å². The van der Waals surface area contributed by atoms with E-state index in [-0.39, 0.29) is 0 Å². The van der Waals surface area contributed by atoms with Crippen LogP contribution in [0.4, 0.5) is 0 Å². The fourth-order valence-electron chi connectivity index (χ4n) is 2.25. The van der Waals surface area contributed by atoms with Crippen LogP contribution in [0.1, 0.15) is 76.4 Å². The molecule has 0 N–H and O–H groups in total. The Bertz CT molecular complexity index is 550. The molecular formula is C15H23N3. The summed E-state index contributed by atoms with van der Waals surface area (Å²) in [7, 11) is 0. The second-order valence-electron chi connectivity index (χ2n) is 5.87. The van der Waals surface area contributed by atoms with Gasteiger partial charge in [-0.15, -0.1) is 0 Å². The van der Waals surface area contributed by atoms with Crippen molar-refractivity contribution in [2.24, 2.45) is 0 Å². The Morgan fingerprint density at radius 3 is 2.06 bits per heavy atom. The molecule has 0 unspecified atom stereocenters. The van der Waals surface area contributed by atoms with E-state index in [1.54, 1.807) is 0 Å². The van der Waals surface area contributed by atoms with Crippen LogP contribution in [0.2, 0.25) is 0 Å². The molecule has 3 heteroatoms. The molecule has 2 aromatic heterocycles. The summed E-state index contributed by atoms with van der Waals surface area (Å²) < 4.78 is 2.04. The Kier molecular flexibility index (Phi) is 3.42. The number of imidazole rings is 1. The standard InChI is InChI=1S/C15H23N3/c1-9(2)12-7-8-13-16-14(10(3)4)15(11(5)6)18(13)17-12/h7-11H,1-6H3. The van der Waals surface area contributed by atoms with E-state index in [1.165, 1.54) is 11.4 Å². The van der Waals surface area contributed by atoms with Crippen LogP contribution in [0.15, 0.2) is 12.1 Å². The maximum absolute atomic E-state index is 4.75. The molecule has 98 valence electrons. The second kappa shape index (κ2) is 4.71. The quantitative estimate of drug-likeness (QED) is 0.815. The van der Waals surface area contributed by atoms with Crippen molar-refractivity contribution in [2.45, 2.75) is 59.3 Å². The van der Waals surface area contributed by atoms with Gasteiger partial charge < -0.3 is 0 Å². The van der Waals surface area contributed by atoms with Crippen LogP contribution in [0.25, 0.3) is 5.65 Å². The third-order valence-corrected chi connectivity index (χ3v) is 3.25. The van der Waals surface area contributed by atoms with Crippen LogP contribution in [0, 0.1) is 0 Å². The van der Waals surface area contributed by atoms with Crippen LogP contribution in [-0.4, -0.2) is 14.6 Å². The van der Waals surface area contributed by atoms with Crippen LogP contribution in [-0.2, 0) is 0 Å². The molecule has 0 saturated carbocycles. The Balaban J connectivity index is 2.71. The fraction of sp³-hybridized carbons (Fsp3) is 0.600. The molecule has 0 aliphatic heterocycles. The summed E-state index contributed by atoms with van der Waals surface area (Å²) in [5, 5.41) is 4.75. The third kappa shape index (κ3) is 2.14. The third-order valence-electron chi connectivity index (χ3n) is 3.25. The molecule has 0 spiro atoms. The molecule has 0 bridgehead atoms. The normalized spacial score (nSPS) is 12.3. The lowest BCUT2D eigenvalue weighted by Crippen LogP contribution is -2.05. The number of nitrogens with zero attached hydrogens (tertiary/aromatic N) is 3. The van der Waals surface area contributed by atoms with E-state index in [9.17, 15) is 0 Å². The van der Waals surface area contributed by atoms with Crippen LogP contribution in [0.5, 0.6) is 0 Å². The molecule has 0 aliphatic rings. The summed E-state index contributed by atoms with van der Waals surface area (Å²) in [4.78, 5) is 4.73. The van der Waals surface area contributed by atoms with Gasteiger partial charge in [-0.05, 0) is 29.9 Å². The molecule has 0 atom stereocenters. The predicted octanol–water partition coefficient (Wildman–Crippen LogP) is 4.10.